The molecule has 0 saturated heterocycles. The molecule has 1 heteroatoms. The van der Waals surface area contributed by atoms with Gasteiger partial charge in [0.25, 0.3) is 0 Å². The lowest BCUT2D eigenvalue weighted by Gasteiger charge is -2.11. The minimum atomic E-state index is 0.694. The van der Waals surface area contributed by atoms with Crippen molar-refractivity contribution in [1.82, 2.24) is 5.32 Å². The molecule has 0 atom stereocenters. The third-order valence-corrected chi connectivity index (χ3v) is 3.26. The van der Waals surface area contributed by atoms with Crippen LogP contribution in [0.4, 0.5) is 0 Å². The van der Waals surface area contributed by atoms with Gasteiger partial charge >= 0.3 is 0 Å². The van der Waals surface area contributed by atoms with Crippen LogP contribution >= 0.6 is 0 Å². The van der Waals surface area contributed by atoms with Gasteiger partial charge in [-0.25, -0.2) is 0 Å². The topological polar surface area (TPSA) is 12.0 Å². The van der Waals surface area contributed by atoms with Crippen LogP contribution in [0.3, 0.4) is 0 Å². The summed E-state index contributed by atoms with van der Waals surface area (Å²) in [5.41, 5.74) is 3.09. The molecule has 1 aromatic carbocycles. The average Bonchev–Trinajstić information content (AvgIpc) is 2.67. The summed E-state index contributed by atoms with van der Waals surface area (Å²) >= 11 is 0. The van der Waals surface area contributed by atoms with Crippen LogP contribution in [-0.2, 0) is 12.8 Å². The molecule has 0 aliphatic heterocycles. The van der Waals surface area contributed by atoms with E-state index in [2.05, 4.69) is 36.5 Å². The van der Waals surface area contributed by atoms with Gasteiger partial charge in [-0.2, -0.15) is 0 Å². The molecule has 0 spiro atoms. The maximum atomic E-state index is 3.66. The van der Waals surface area contributed by atoms with E-state index >= 15 is 0 Å². The molecule has 15 heavy (non-hydrogen) atoms. The van der Waals surface area contributed by atoms with Crippen molar-refractivity contribution in [2.45, 2.75) is 45.1 Å². The highest BCUT2D eigenvalue weighted by Gasteiger charge is 2.19. The van der Waals surface area contributed by atoms with Crippen LogP contribution in [0.1, 0.15) is 37.3 Å². The first-order valence-electron chi connectivity index (χ1n) is 6.20. The normalized spacial score (nSPS) is 15.5. The smallest absolute Gasteiger partial charge is 0.0148 e. The van der Waals surface area contributed by atoms with Crippen molar-refractivity contribution >= 4 is 0 Å². The molecule has 0 saturated carbocycles. The number of rotatable bonds is 5. The molecule has 1 nitrogen and oxygen atoms in total. The van der Waals surface area contributed by atoms with Crippen LogP contribution in [0.5, 0.6) is 0 Å². The summed E-state index contributed by atoms with van der Waals surface area (Å²) in [6, 6.07) is 9.53. The van der Waals surface area contributed by atoms with Gasteiger partial charge in [-0.1, -0.05) is 44.0 Å². The summed E-state index contributed by atoms with van der Waals surface area (Å²) in [6.07, 6.45) is 6.44. The highest BCUT2D eigenvalue weighted by molar-refractivity contribution is 5.33. The van der Waals surface area contributed by atoms with Crippen molar-refractivity contribution in [2.75, 3.05) is 6.54 Å². The van der Waals surface area contributed by atoms with E-state index in [1.807, 2.05) is 0 Å². The molecule has 0 amide bonds. The van der Waals surface area contributed by atoms with Crippen LogP contribution in [0.25, 0.3) is 0 Å². The molecule has 0 radical (unpaired) electrons. The maximum absolute atomic E-state index is 3.66. The minimum Gasteiger partial charge on any atom is -0.313 e. The standard InChI is InChI=1S/C14H21N/c1-2-3-6-9-15-14-10-12-7-4-5-8-13(12)11-14/h4-5,7-8,14-15H,2-3,6,9-11H2,1H3. The van der Waals surface area contributed by atoms with Gasteiger partial charge in [-0.15, -0.1) is 0 Å². The van der Waals surface area contributed by atoms with E-state index in [1.54, 1.807) is 11.1 Å². The number of fused-ring (bicyclic) bond motifs is 1. The molecular weight excluding hydrogens is 182 g/mol. The zero-order valence-corrected chi connectivity index (χ0v) is 9.63. The summed E-state index contributed by atoms with van der Waals surface area (Å²) in [4.78, 5) is 0. The quantitative estimate of drug-likeness (QED) is 0.726. The highest BCUT2D eigenvalue weighted by atomic mass is 14.9. The lowest BCUT2D eigenvalue weighted by atomic mass is 10.1. The van der Waals surface area contributed by atoms with Crippen molar-refractivity contribution in [3.8, 4) is 0 Å². The average molecular weight is 203 g/mol. The Kier molecular flexibility index (Phi) is 3.79. The van der Waals surface area contributed by atoms with Crippen molar-refractivity contribution in [2.24, 2.45) is 0 Å². The van der Waals surface area contributed by atoms with E-state index in [9.17, 15) is 0 Å². The van der Waals surface area contributed by atoms with E-state index in [4.69, 9.17) is 0 Å². The van der Waals surface area contributed by atoms with Crippen LogP contribution in [-0.4, -0.2) is 12.6 Å². The van der Waals surface area contributed by atoms with Crippen molar-refractivity contribution in [1.29, 1.82) is 0 Å². The molecular formula is C14H21N. The van der Waals surface area contributed by atoms with Crippen molar-refractivity contribution in [3.05, 3.63) is 35.4 Å². The van der Waals surface area contributed by atoms with Gasteiger partial charge in [0.05, 0.1) is 0 Å². The predicted molar refractivity (Wildman–Crippen MR) is 65.2 cm³/mol. The summed E-state index contributed by atoms with van der Waals surface area (Å²) in [6.45, 7) is 3.44. The largest absolute Gasteiger partial charge is 0.313 e. The number of benzene rings is 1. The third-order valence-electron chi connectivity index (χ3n) is 3.26. The van der Waals surface area contributed by atoms with E-state index in [-0.39, 0.29) is 0 Å². The van der Waals surface area contributed by atoms with Gasteiger partial charge in [-0.3, -0.25) is 0 Å². The number of hydrogen-bond acceptors (Lipinski definition) is 1. The molecule has 0 fully saturated rings. The van der Waals surface area contributed by atoms with E-state index in [0.717, 1.165) is 0 Å². The van der Waals surface area contributed by atoms with Gasteiger partial charge in [0.15, 0.2) is 0 Å². The SMILES string of the molecule is CCCCCNC1Cc2ccccc2C1. The Balaban J connectivity index is 1.76. The third kappa shape index (κ3) is 2.82. The first-order valence-corrected chi connectivity index (χ1v) is 6.20. The van der Waals surface area contributed by atoms with Crippen LogP contribution in [0, 0.1) is 0 Å². The fraction of sp³-hybridized carbons (Fsp3) is 0.571. The minimum absolute atomic E-state index is 0.694. The summed E-state index contributed by atoms with van der Waals surface area (Å²) < 4.78 is 0. The molecule has 0 aromatic heterocycles. The predicted octanol–water partition coefficient (Wildman–Crippen LogP) is 2.93. The second-order valence-electron chi connectivity index (χ2n) is 4.54. The Morgan fingerprint density at radius 3 is 2.40 bits per heavy atom. The second kappa shape index (κ2) is 5.32. The van der Waals surface area contributed by atoms with E-state index in [0.29, 0.717) is 6.04 Å². The Morgan fingerprint density at radius 2 is 1.80 bits per heavy atom. The Hall–Kier alpha value is -0.820. The molecule has 1 aliphatic carbocycles. The van der Waals surface area contributed by atoms with Gasteiger partial charge in [0, 0.05) is 6.04 Å². The monoisotopic (exact) mass is 203 g/mol. The van der Waals surface area contributed by atoms with Gasteiger partial charge in [0.2, 0.25) is 0 Å². The first-order chi connectivity index (χ1) is 7.40. The summed E-state index contributed by atoms with van der Waals surface area (Å²) in [5, 5.41) is 3.66. The zero-order chi connectivity index (χ0) is 10.5. The molecule has 1 N–H and O–H groups in total. The fourth-order valence-corrected chi connectivity index (χ4v) is 2.38. The van der Waals surface area contributed by atoms with E-state index in [1.165, 1.54) is 38.6 Å². The molecule has 1 aromatic rings. The second-order valence-corrected chi connectivity index (χ2v) is 4.54. The molecule has 82 valence electrons. The summed E-state index contributed by atoms with van der Waals surface area (Å²) in [7, 11) is 0. The van der Waals surface area contributed by atoms with Crippen LogP contribution < -0.4 is 5.32 Å². The molecule has 1 aliphatic rings. The number of unbranched alkanes of at least 4 members (excludes halogenated alkanes) is 2. The first kappa shape index (κ1) is 10.7. The Morgan fingerprint density at radius 1 is 1.13 bits per heavy atom. The van der Waals surface area contributed by atoms with Crippen molar-refractivity contribution < 1.29 is 0 Å². The Bertz CT molecular complexity index is 281. The van der Waals surface area contributed by atoms with Crippen LogP contribution in [0.15, 0.2) is 24.3 Å². The van der Waals surface area contributed by atoms with Crippen LogP contribution in [0.2, 0.25) is 0 Å². The maximum Gasteiger partial charge on any atom is 0.0148 e. The van der Waals surface area contributed by atoms with Crippen molar-refractivity contribution in [3.63, 3.8) is 0 Å². The highest BCUT2D eigenvalue weighted by Crippen LogP contribution is 2.21. The number of hydrogen-bond donors (Lipinski definition) is 1. The molecule has 0 unspecified atom stereocenters. The van der Waals surface area contributed by atoms with E-state index < -0.39 is 0 Å². The summed E-state index contributed by atoms with van der Waals surface area (Å²) in [5.74, 6) is 0. The molecule has 2 rings (SSSR count). The Labute approximate surface area is 92.9 Å². The van der Waals surface area contributed by atoms with Gasteiger partial charge < -0.3 is 5.32 Å². The van der Waals surface area contributed by atoms with Gasteiger partial charge in [-0.05, 0) is 36.9 Å². The lowest BCUT2D eigenvalue weighted by Crippen LogP contribution is -2.30. The zero-order valence-electron chi connectivity index (χ0n) is 9.63. The van der Waals surface area contributed by atoms with Gasteiger partial charge in [0.1, 0.15) is 0 Å². The molecule has 0 bridgehead atoms. The molecule has 0 heterocycles. The number of nitrogens with one attached hydrogen (secondary N) is 1. The fourth-order valence-electron chi connectivity index (χ4n) is 2.38. The lowest BCUT2D eigenvalue weighted by molar-refractivity contribution is 0.513.